The van der Waals surface area contributed by atoms with E-state index in [0.29, 0.717) is 22.1 Å². The van der Waals surface area contributed by atoms with Crippen molar-refractivity contribution < 1.29 is 45.7 Å². The minimum Gasteiger partial charge on any atom is -0.423 e. The third-order valence-electron chi connectivity index (χ3n) is 4.27. The van der Waals surface area contributed by atoms with E-state index in [-0.39, 0.29) is 13.2 Å². The van der Waals surface area contributed by atoms with Crippen molar-refractivity contribution in [1.82, 2.24) is 0 Å². The molecule has 0 aromatic heterocycles. The molecule has 0 unspecified atom stereocenters. The van der Waals surface area contributed by atoms with Crippen molar-refractivity contribution in [2.75, 3.05) is 0 Å². The third kappa shape index (κ3) is 4.35. The average molecular weight is 404 g/mol. The van der Waals surface area contributed by atoms with Gasteiger partial charge in [-0.05, 0) is 34.2 Å². The van der Waals surface area contributed by atoms with Gasteiger partial charge in [-0.2, -0.15) is 26.3 Å². The number of fused-ring (bicyclic) bond motifs is 2. The van der Waals surface area contributed by atoms with E-state index in [1.165, 1.54) is 12.1 Å². The first-order valence-electron chi connectivity index (χ1n) is 7.96. The first-order chi connectivity index (χ1) is 13.0. The highest BCUT2D eigenvalue weighted by atomic mass is 19.4. The Bertz CT molecular complexity index is 800. The fourth-order valence-corrected chi connectivity index (χ4v) is 2.81. The van der Waals surface area contributed by atoms with Crippen molar-refractivity contribution in [3.8, 4) is 0 Å². The number of hydrogen-bond acceptors (Lipinski definition) is 4. The second-order valence-corrected chi connectivity index (χ2v) is 6.15. The molecule has 4 rings (SSSR count). The fraction of sp³-hybridized carbons (Fsp3) is 0.250. The Morgan fingerprint density at radius 3 is 1.36 bits per heavy atom. The third-order valence-corrected chi connectivity index (χ3v) is 4.27. The van der Waals surface area contributed by atoms with Crippen LogP contribution in [-0.2, 0) is 34.9 Å². The van der Waals surface area contributed by atoms with Crippen molar-refractivity contribution in [1.29, 1.82) is 0 Å². The summed E-state index contributed by atoms with van der Waals surface area (Å²) in [5.41, 5.74) is 0.193. The molecule has 0 atom stereocenters. The maximum absolute atomic E-state index is 12.3. The Kier molecular flexibility index (Phi) is 5.50. The molecule has 2 aliphatic rings. The molecule has 12 heteroatoms. The monoisotopic (exact) mass is 404 g/mol. The molecular weight excluding hydrogens is 392 g/mol. The summed E-state index contributed by atoms with van der Waals surface area (Å²) in [7, 11) is -2.18. The highest BCUT2D eigenvalue weighted by Gasteiger charge is 2.35. The lowest BCUT2D eigenvalue weighted by molar-refractivity contribution is -0.138. The van der Waals surface area contributed by atoms with Gasteiger partial charge in [0.15, 0.2) is 0 Å². The molecule has 2 heterocycles. The molecule has 2 aliphatic heterocycles. The van der Waals surface area contributed by atoms with Crippen LogP contribution in [0, 0.1) is 0 Å². The number of halogens is 6. The number of hydrogen-bond donors (Lipinski definition) is 2. The molecule has 0 spiro atoms. The molecule has 2 aromatic carbocycles. The predicted molar refractivity (Wildman–Crippen MR) is 87.7 cm³/mol. The smallest absolute Gasteiger partial charge is 0.423 e. The molecule has 0 saturated carbocycles. The van der Waals surface area contributed by atoms with Crippen LogP contribution in [0.1, 0.15) is 22.3 Å². The average Bonchev–Trinajstić information content (AvgIpc) is 3.17. The molecule has 148 valence electrons. The predicted octanol–water partition coefficient (Wildman–Crippen LogP) is 1.85. The summed E-state index contributed by atoms with van der Waals surface area (Å²) >= 11 is 0. The summed E-state index contributed by atoms with van der Waals surface area (Å²) in [5.74, 6) is 0. The Labute approximate surface area is 156 Å². The second kappa shape index (κ2) is 7.43. The Balaban J connectivity index is 0.000000161. The van der Waals surface area contributed by atoms with Crippen LogP contribution in [0.3, 0.4) is 0 Å². The van der Waals surface area contributed by atoms with Crippen molar-refractivity contribution in [3.05, 3.63) is 58.7 Å². The molecular formula is C16H12B2F6O4. The van der Waals surface area contributed by atoms with Crippen LogP contribution in [0.15, 0.2) is 36.4 Å². The molecule has 4 nitrogen and oxygen atoms in total. The second-order valence-electron chi connectivity index (χ2n) is 6.15. The van der Waals surface area contributed by atoms with Gasteiger partial charge in [0, 0.05) is 0 Å². The summed E-state index contributed by atoms with van der Waals surface area (Å²) in [6.07, 6.45) is -8.69. The minimum atomic E-state index is -4.34. The van der Waals surface area contributed by atoms with E-state index in [1.807, 2.05) is 0 Å². The number of benzene rings is 2. The standard InChI is InChI=1S/2C8H6BF3O2/c2*10-8(11,12)6-1-2-7-5(3-6)4-14-9(7)13/h2*1-3,13H,4H2. The van der Waals surface area contributed by atoms with Crippen molar-refractivity contribution >= 4 is 25.2 Å². The minimum absolute atomic E-state index is 0.0282. The molecule has 0 bridgehead atoms. The van der Waals surface area contributed by atoms with Crippen LogP contribution < -0.4 is 10.9 Å². The Morgan fingerprint density at radius 2 is 1.04 bits per heavy atom. The summed E-state index contributed by atoms with van der Waals surface area (Å²) in [6.45, 7) is 0.0564. The molecule has 28 heavy (non-hydrogen) atoms. The van der Waals surface area contributed by atoms with Crippen LogP contribution in [0.5, 0.6) is 0 Å². The van der Waals surface area contributed by atoms with E-state index >= 15 is 0 Å². The van der Waals surface area contributed by atoms with Gasteiger partial charge in [0.05, 0.1) is 24.3 Å². The maximum Gasteiger partial charge on any atom is 0.491 e. The van der Waals surface area contributed by atoms with Crippen LogP contribution in [0.4, 0.5) is 26.3 Å². The van der Waals surface area contributed by atoms with Gasteiger partial charge in [-0.3, -0.25) is 0 Å². The molecule has 0 fully saturated rings. The normalized spacial score (nSPS) is 15.9. The van der Waals surface area contributed by atoms with Crippen molar-refractivity contribution in [2.45, 2.75) is 25.6 Å². The molecule has 0 aliphatic carbocycles. The summed E-state index contributed by atoms with van der Waals surface area (Å²) < 4.78 is 83.1. The van der Waals surface area contributed by atoms with Gasteiger partial charge in [-0.25, -0.2) is 0 Å². The topological polar surface area (TPSA) is 58.9 Å². The number of alkyl halides is 6. The maximum atomic E-state index is 12.3. The van der Waals surface area contributed by atoms with E-state index in [1.54, 1.807) is 0 Å². The Hall–Kier alpha value is -2.01. The van der Waals surface area contributed by atoms with Gasteiger partial charge < -0.3 is 19.4 Å². The van der Waals surface area contributed by atoms with Crippen LogP contribution >= 0.6 is 0 Å². The van der Waals surface area contributed by atoms with Gasteiger partial charge >= 0.3 is 26.6 Å². The van der Waals surface area contributed by atoms with Gasteiger partial charge in [0.1, 0.15) is 0 Å². The lowest BCUT2D eigenvalue weighted by Crippen LogP contribution is -2.28. The zero-order chi connectivity index (χ0) is 20.7. The molecule has 0 saturated heterocycles. The molecule has 2 aromatic rings. The molecule has 0 radical (unpaired) electrons. The van der Waals surface area contributed by atoms with Crippen LogP contribution in [-0.4, -0.2) is 24.3 Å². The van der Waals surface area contributed by atoms with Gasteiger partial charge in [-0.15, -0.1) is 0 Å². The summed E-state index contributed by atoms with van der Waals surface area (Å²) in [5, 5.41) is 18.3. The van der Waals surface area contributed by atoms with E-state index in [4.69, 9.17) is 9.31 Å². The largest absolute Gasteiger partial charge is 0.491 e. The fourth-order valence-electron chi connectivity index (χ4n) is 2.81. The summed E-state index contributed by atoms with van der Waals surface area (Å²) in [4.78, 5) is 0. The van der Waals surface area contributed by atoms with Crippen molar-refractivity contribution in [3.63, 3.8) is 0 Å². The molecule has 2 N–H and O–H groups in total. The quantitative estimate of drug-likeness (QED) is 0.520. The first kappa shape index (κ1) is 20.7. The SMILES string of the molecule is OB1OCc2cc(C(F)(F)F)ccc21.OB1OCc2cc(C(F)(F)F)ccc21. The lowest BCUT2D eigenvalue weighted by atomic mass is 9.79. The van der Waals surface area contributed by atoms with Crippen LogP contribution in [0.2, 0.25) is 0 Å². The zero-order valence-electron chi connectivity index (χ0n) is 14.0. The van der Waals surface area contributed by atoms with E-state index in [0.717, 1.165) is 24.3 Å². The Morgan fingerprint density at radius 1 is 0.679 bits per heavy atom. The van der Waals surface area contributed by atoms with E-state index < -0.39 is 37.7 Å². The van der Waals surface area contributed by atoms with Gasteiger partial charge in [0.25, 0.3) is 0 Å². The first-order valence-corrected chi connectivity index (χ1v) is 7.96. The zero-order valence-corrected chi connectivity index (χ0v) is 14.0. The van der Waals surface area contributed by atoms with Gasteiger partial charge in [-0.1, -0.05) is 24.3 Å². The van der Waals surface area contributed by atoms with Gasteiger partial charge in [0.2, 0.25) is 0 Å². The number of rotatable bonds is 0. The van der Waals surface area contributed by atoms with Crippen LogP contribution in [0.25, 0.3) is 0 Å². The van der Waals surface area contributed by atoms with E-state index in [2.05, 4.69) is 0 Å². The van der Waals surface area contributed by atoms with E-state index in [9.17, 15) is 36.4 Å². The molecule has 0 amide bonds. The highest BCUT2D eigenvalue weighted by Crippen LogP contribution is 2.31. The lowest BCUT2D eigenvalue weighted by Gasteiger charge is -2.07. The van der Waals surface area contributed by atoms with Crippen molar-refractivity contribution in [2.24, 2.45) is 0 Å². The highest BCUT2D eigenvalue weighted by molar-refractivity contribution is 6.61. The summed E-state index contributed by atoms with van der Waals surface area (Å²) in [6, 6.07) is 6.39.